The zero-order valence-corrected chi connectivity index (χ0v) is 19.3. The molecule has 0 aromatic heterocycles. The molecule has 6 nitrogen and oxygen atoms in total. The first-order valence-corrected chi connectivity index (χ1v) is 10.7. The lowest BCUT2D eigenvalue weighted by Gasteiger charge is -2.26. The van der Waals surface area contributed by atoms with E-state index in [1.165, 1.54) is 48.4 Å². The van der Waals surface area contributed by atoms with Gasteiger partial charge in [0.25, 0.3) is 11.7 Å². The van der Waals surface area contributed by atoms with E-state index < -0.39 is 23.5 Å². The van der Waals surface area contributed by atoms with Gasteiger partial charge in [0.15, 0.2) is 0 Å². The zero-order valence-electron chi connectivity index (χ0n) is 17.1. The highest BCUT2D eigenvalue weighted by Crippen LogP contribution is 2.44. The predicted octanol–water partition coefficient (Wildman–Crippen LogP) is 5.99. The first kappa shape index (κ1) is 23.0. The molecule has 1 heterocycles. The monoisotopic (exact) mass is 503 g/mol. The van der Waals surface area contributed by atoms with Crippen molar-refractivity contribution in [3.05, 3.63) is 92.4 Å². The minimum absolute atomic E-state index is 0.0172. The Morgan fingerprint density at radius 1 is 0.970 bits per heavy atom. The summed E-state index contributed by atoms with van der Waals surface area (Å²) in [5.41, 5.74) is 0.652. The van der Waals surface area contributed by atoms with E-state index in [1.54, 1.807) is 24.3 Å². The second kappa shape index (κ2) is 8.98. The number of ether oxygens (including phenoxy) is 1. The summed E-state index contributed by atoms with van der Waals surface area (Å²) in [5.74, 6) is -2.03. The van der Waals surface area contributed by atoms with Crippen molar-refractivity contribution in [2.24, 2.45) is 0 Å². The summed E-state index contributed by atoms with van der Waals surface area (Å²) in [6.45, 7) is 0. The fraction of sp³-hybridized carbons (Fsp3) is 0.0833. The summed E-state index contributed by atoms with van der Waals surface area (Å²) in [6, 6.07) is 14.2. The molecule has 2 N–H and O–H groups in total. The number of amides is 1. The van der Waals surface area contributed by atoms with Crippen LogP contribution in [0.3, 0.4) is 0 Å². The van der Waals surface area contributed by atoms with E-state index in [2.05, 4.69) is 0 Å². The molecule has 1 atom stereocenters. The molecule has 1 amide bonds. The topological polar surface area (TPSA) is 87.1 Å². The number of hydrogen-bond donors (Lipinski definition) is 2. The molecule has 0 aliphatic carbocycles. The molecule has 3 aromatic carbocycles. The summed E-state index contributed by atoms with van der Waals surface area (Å²) >= 11 is 18.5. The van der Waals surface area contributed by atoms with Gasteiger partial charge in [0.1, 0.15) is 17.3 Å². The van der Waals surface area contributed by atoms with Gasteiger partial charge in [-0.15, -0.1) is 0 Å². The average Bonchev–Trinajstić information content (AvgIpc) is 3.06. The number of carbonyl (C=O) groups is 2. The van der Waals surface area contributed by atoms with Gasteiger partial charge in [0.05, 0.1) is 28.8 Å². The lowest BCUT2D eigenvalue weighted by atomic mass is 9.95. The van der Waals surface area contributed by atoms with E-state index in [4.69, 9.17) is 39.5 Å². The molecule has 33 heavy (non-hydrogen) atoms. The van der Waals surface area contributed by atoms with E-state index >= 15 is 0 Å². The van der Waals surface area contributed by atoms with Gasteiger partial charge in [-0.05, 0) is 54.1 Å². The third-order valence-corrected chi connectivity index (χ3v) is 6.11. The Morgan fingerprint density at radius 3 is 2.39 bits per heavy atom. The van der Waals surface area contributed by atoms with E-state index in [-0.39, 0.29) is 26.9 Å². The smallest absolute Gasteiger partial charge is 0.300 e. The molecule has 168 valence electrons. The Balaban J connectivity index is 2.00. The number of phenols is 1. The molecule has 1 fully saturated rings. The van der Waals surface area contributed by atoms with Crippen LogP contribution in [0.5, 0.6) is 11.5 Å². The highest BCUT2D eigenvalue weighted by Gasteiger charge is 2.47. The first-order valence-electron chi connectivity index (χ1n) is 9.61. The number of aliphatic hydroxyl groups is 1. The molecule has 3 aromatic rings. The Morgan fingerprint density at radius 2 is 1.73 bits per heavy atom. The summed E-state index contributed by atoms with van der Waals surface area (Å²) in [6.07, 6.45) is 0. The number of nitrogens with zero attached hydrogens (tertiary/aromatic N) is 1. The van der Waals surface area contributed by atoms with Gasteiger partial charge in [0.2, 0.25) is 0 Å². The second-order valence-corrected chi connectivity index (χ2v) is 8.46. The van der Waals surface area contributed by atoms with Gasteiger partial charge in [-0.2, -0.15) is 0 Å². The number of halogens is 3. The molecule has 0 saturated carbocycles. The van der Waals surface area contributed by atoms with Crippen molar-refractivity contribution in [1.82, 2.24) is 0 Å². The summed E-state index contributed by atoms with van der Waals surface area (Å²) in [7, 11) is 1.45. The van der Waals surface area contributed by atoms with Crippen molar-refractivity contribution in [2.75, 3.05) is 12.0 Å². The van der Waals surface area contributed by atoms with Crippen molar-refractivity contribution in [2.45, 2.75) is 6.04 Å². The van der Waals surface area contributed by atoms with E-state index in [0.29, 0.717) is 22.0 Å². The number of carbonyl (C=O) groups excluding carboxylic acids is 2. The lowest BCUT2D eigenvalue weighted by Crippen LogP contribution is -2.29. The van der Waals surface area contributed by atoms with Gasteiger partial charge >= 0.3 is 0 Å². The van der Waals surface area contributed by atoms with Crippen LogP contribution >= 0.6 is 34.8 Å². The molecule has 0 bridgehead atoms. The minimum atomic E-state index is -1.07. The number of hydrogen-bond acceptors (Lipinski definition) is 5. The van der Waals surface area contributed by atoms with Gasteiger partial charge in [-0.3, -0.25) is 14.5 Å². The summed E-state index contributed by atoms with van der Waals surface area (Å²) < 4.78 is 5.20. The number of phenolic OH excluding ortho intramolecular Hbond substituents is 1. The fourth-order valence-corrected chi connectivity index (χ4v) is 4.27. The molecule has 1 aliphatic heterocycles. The van der Waals surface area contributed by atoms with Gasteiger partial charge in [0, 0.05) is 16.3 Å². The van der Waals surface area contributed by atoms with Crippen molar-refractivity contribution in [3.63, 3.8) is 0 Å². The lowest BCUT2D eigenvalue weighted by molar-refractivity contribution is -0.132. The molecule has 1 saturated heterocycles. The maximum atomic E-state index is 13.2. The maximum absolute atomic E-state index is 13.2. The van der Waals surface area contributed by atoms with E-state index in [1.807, 2.05) is 0 Å². The number of aromatic hydroxyl groups is 1. The molecule has 9 heteroatoms. The molecule has 0 radical (unpaired) electrons. The Kier molecular flexibility index (Phi) is 6.26. The SMILES string of the molecule is COc1ccc(Cl)c(/C(O)=C2\C(=O)C(=O)N(c3cccc(Cl)c3)C2c2ccc(O)c(Cl)c2)c1. The Labute approximate surface area is 204 Å². The summed E-state index contributed by atoms with van der Waals surface area (Å²) in [5, 5.41) is 21.6. The van der Waals surface area contributed by atoms with Crippen molar-refractivity contribution >= 4 is 57.9 Å². The molecule has 1 aliphatic rings. The van der Waals surface area contributed by atoms with Gasteiger partial charge < -0.3 is 14.9 Å². The largest absolute Gasteiger partial charge is 0.507 e. The molecule has 1 unspecified atom stereocenters. The van der Waals surface area contributed by atoms with Gasteiger partial charge in [-0.1, -0.05) is 46.9 Å². The normalized spacial score (nSPS) is 17.5. The molecular weight excluding hydrogens is 489 g/mol. The predicted molar refractivity (Wildman–Crippen MR) is 127 cm³/mol. The van der Waals surface area contributed by atoms with Crippen LogP contribution in [0.4, 0.5) is 5.69 Å². The van der Waals surface area contributed by atoms with Crippen molar-refractivity contribution in [1.29, 1.82) is 0 Å². The second-order valence-electron chi connectivity index (χ2n) is 7.21. The standard InChI is InChI=1S/C24H16Cl3NO5/c1-33-15-6-7-17(26)16(11-15)22(30)20-21(12-5-8-19(29)18(27)9-12)28(24(32)23(20)31)14-4-2-3-13(25)10-14/h2-11,21,29-30H,1H3/b22-20+. The number of anilines is 1. The van der Waals surface area contributed by atoms with Gasteiger partial charge in [-0.25, -0.2) is 0 Å². The van der Waals surface area contributed by atoms with Crippen LogP contribution in [-0.4, -0.2) is 29.0 Å². The van der Waals surface area contributed by atoms with Crippen LogP contribution in [-0.2, 0) is 9.59 Å². The Bertz CT molecular complexity index is 1320. The average molecular weight is 505 g/mol. The highest BCUT2D eigenvalue weighted by molar-refractivity contribution is 6.52. The number of aliphatic hydroxyl groups excluding tert-OH is 1. The molecule has 0 spiro atoms. The highest BCUT2D eigenvalue weighted by atomic mass is 35.5. The third kappa shape index (κ3) is 4.13. The van der Waals surface area contributed by atoms with Crippen LogP contribution < -0.4 is 9.64 Å². The first-order chi connectivity index (χ1) is 15.7. The Hall–Kier alpha value is -3.19. The van der Waals surface area contributed by atoms with Crippen molar-refractivity contribution < 1.29 is 24.5 Å². The summed E-state index contributed by atoms with van der Waals surface area (Å²) in [4.78, 5) is 27.6. The quantitative estimate of drug-likeness (QED) is 0.259. The number of Topliss-reactive ketones (excluding diaryl/α,β-unsaturated/α-hetero) is 1. The number of methoxy groups -OCH3 is 1. The fourth-order valence-electron chi connectivity index (χ4n) is 3.69. The van der Waals surface area contributed by atoms with Crippen LogP contribution in [0.15, 0.2) is 66.2 Å². The van der Waals surface area contributed by atoms with E-state index in [0.717, 1.165) is 0 Å². The van der Waals surface area contributed by atoms with E-state index in [9.17, 15) is 19.8 Å². The van der Waals surface area contributed by atoms with Crippen molar-refractivity contribution in [3.8, 4) is 11.5 Å². The number of benzene rings is 3. The number of rotatable bonds is 4. The third-order valence-electron chi connectivity index (χ3n) is 5.25. The maximum Gasteiger partial charge on any atom is 0.300 e. The van der Waals surface area contributed by atoms with Crippen LogP contribution in [0.25, 0.3) is 5.76 Å². The van der Waals surface area contributed by atoms with Crippen LogP contribution in [0.1, 0.15) is 17.2 Å². The van der Waals surface area contributed by atoms with Crippen LogP contribution in [0.2, 0.25) is 15.1 Å². The van der Waals surface area contributed by atoms with Crippen LogP contribution in [0, 0.1) is 0 Å². The minimum Gasteiger partial charge on any atom is -0.507 e. The molecular formula is C24H16Cl3NO5. The number of ketones is 1. The molecule has 4 rings (SSSR count). The zero-order chi connectivity index (χ0) is 23.9.